The first-order valence-electron chi connectivity index (χ1n) is 9.63. The number of hydrogen-bond acceptors (Lipinski definition) is 4. The smallest absolute Gasteiger partial charge is 0.317 e. The molecule has 0 radical (unpaired) electrons. The molecule has 2 atom stereocenters. The van der Waals surface area contributed by atoms with Crippen molar-refractivity contribution >= 4 is 11.9 Å². The van der Waals surface area contributed by atoms with Gasteiger partial charge in [0.05, 0.1) is 12.2 Å². The molecule has 0 aliphatic heterocycles. The zero-order valence-electron chi connectivity index (χ0n) is 16.0. The lowest BCUT2D eigenvalue weighted by Gasteiger charge is -2.45. The van der Waals surface area contributed by atoms with E-state index in [1.54, 1.807) is 0 Å². The molecule has 1 fully saturated rings. The molecule has 0 aromatic rings. The van der Waals surface area contributed by atoms with Crippen LogP contribution in [0.5, 0.6) is 0 Å². The minimum absolute atomic E-state index is 0.215. The van der Waals surface area contributed by atoms with Gasteiger partial charge in [0.15, 0.2) is 0 Å². The van der Waals surface area contributed by atoms with Gasteiger partial charge in [-0.05, 0) is 40.5 Å². The van der Waals surface area contributed by atoms with Crippen molar-refractivity contribution < 1.29 is 19.1 Å². The number of fused-ring (bicyclic) bond motifs is 1. The summed E-state index contributed by atoms with van der Waals surface area (Å²) in [5.41, 5.74) is -1.94. The van der Waals surface area contributed by atoms with Gasteiger partial charge in [0.1, 0.15) is 10.8 Å². The fourth-order valence-corrected chi connectivity index (χ4v) is 4.03. The molecule has 0 aromatic carbocycles. The van der Waals surface area contributed by atoms with Gasteiger partial charge in [-0.25, -0.2) is 0 Å². The van der Waals surface area contributed by atoms with Crippen LogP contribution in [0.15, 0.2) is 24.3 Å². The van der Waals surface area contributed by atoms with Crippen molar-refractivity contribution in [3.05, 3.63) is 24.3 Å². The monoisotopic (exact) mass is 348 g/mol. The molecule has 4 heteroatoms. The zero-order valence-corrected chi connectivity index (χ0v) is 16.0. The highest BCUT2D eigenvalue weighted by atomic mass is 16.6. The lowest BCUT2D eigenvalue weighted by molar-refractivity contribution is -0.179. The Kier molecular flexibility index (Phi) is 6.47. The summed E-state index contributed by atoms with van der Waals surface area (Å²) in [5.74, 6) is -0.601. The second-order valence-electron chi connectivity index (χ2n) is 7.84. The maximum Gasteiger partial charge on any atom is 0.317 e. The van der Waals surface area contributed by atoms with Crippen LogP contribution in [-0.4, -0.2) is 24.1 Å². The second-order valence-corrected chi connectivity index (χ2v) is 7.84. The summed E-state index contributed by atoms with van der Waals surface area (Å²) in [6.07, 6.45) is 13.4. The van der Waals surface area contributed by atoms with Crippen LogP contribution in [0.3, 0.4) is 0 Å². The van der Waals surface area contributed by atoms with Crippen molar-refractivity contribution in [2.75, 3.05) is 0 Å². The number of esters is 2. The molecular weight excluding hydrogens is 316 g/mol. The Labute approximate surface area is 151 Å². The van der Waals surface area contributed by atoms with Gasteiger partial charge >= 0.3 is 11.9 Å². The summed E-state index contributed by atoms with van der Waals surface area (Å²) in [5, 5.41) is 0. The Bertz CT molecular complexity index is 498. The van der Waals surface area contributed by atoms with Crippen molar-refractivity contribution in [1.82, 2.24) is 0 Å². The number of allylic oxidation sites excluding steroid dienone is 2. The molecule has 0 N–H and O–H groups in total. The van der Waals surface area contributed by atoms with E-state index in [2.05, 4.69) is 0 Å². The standard InChI is InChI=1S/C21H32O4/c1-16(2)24-18(22)20-12-8-6-5-7-9-13-21(20,15-11-10-14-20)19(23)25-17(3)4/h10-11,14-17H,5-9,12-13H2,1-4H3/t20-,21+. The first-order valence-corrected chi connectivity index (χ1v) is 9.63. The van der Waals surface area contributed by atoms with E-state index in [1.807, 2.05) is 52.0 Å². The minimum Gasteiger partial charge on any atom is -0.462 e. The Morgan fingerprint density at radius 1 is 0.720 bits per heavy atom. The van der Waals surface area contributed by atoms with Crippen LogP contribution >= 0.6 is 0 Å². The maximum absolute atomic E-state index is 13.2. The number of hydrogen-bond donors (Lipinski definition) is 0. The molecule has 2 aliphatic carbocycles. The molecule has 140 valence electrons. The van der Waals surface area contributed by atoms with Crippen LogP contribution in [-0.2, 0) is 19.1 Å². The summed E-state index contributed by atoms with van der Waals surface area (Å²) in [4.78, 5) is 26.4. The van der Waals surface area contributed by atoms with Gasteiger partial charge in [-0.1, -0.05) is 56.4 Å². The van der Waals surface area contributed by atoms with E-state index in [0.29, 0.717) is 12.8 Å². The van der Waals surface area contributed by atoms with Crippen LogP contribution in [0.4, 0.5) is 0 Å². The van der Waals surface area contributed by atoms with E-state index in [0.717, 1.165) is 32.1 Å². The fraction of sp³-hybridized carbons (Fsp3) is 0.714. The molecule has 0 unspecified atom stereocenters. The minimum atomic E-state index is -0.970. The SMILES string of the molecule is CC(C)OC(=O)[C@@]12C=CC=C[C@]1(C(=O)OC(C)C)CCCCCCC2. The highest BCUT2D eigenvalue weighted by molar-refractivity contribution is 5.92. The average molecular weight is 348 g/mol. The molecule has 1 saturated carbocycles. The summed E-state index contributed by atoms with van der Waals surface area (Å²) in [7, 11) is 0. The number of rotatable bonds is 4. The molecule has 0 amide bonds. The van der Waals surface area contributed by atoms with E-state index in [4.69, 9.17) is 9.47 Å². The van der Waals surface area contributed by atoms with E-state index >= 15 is 0 Å². The van der Waals surface area contributed by atoms with Crippen LogP contribution in [0, 0.1) is 10.8 Å². The molecule has 0 aromatic heterocycles. The third kappa shape index (κ3) is 3.99. The molecule has 0 saturated heterocycles. The number of carbonyl (C=O) groups excluding carboxylic acids is 2. The quantitative estimate of drug-likeness (QED) is 0.689. The van der Waals surface area contributed by atoms with Gasteiger partial charge in [0.2, 0.25) is 0 Å². The van der Waals surface area contributed by atoms with Gasteiger partial charge < -0.3 is 9.47 Å². The van der Waals surface area contributed by atoms with Crippen LogP contribution < -0.4 is 0 Å². The van der Waals surface area contributed by atoms with Gasteiger partial charge in [-0.2, -0.15) is 0 Å². The Morgan fingerprint density at radius 3 is 1.44 bits per heavy atom. The molecule has 0 bridgehead atoms. The largest absolute Gasteiger partial charge is 0.462 e. The summed E-state index contributed by atoms with van der Waals surface area (Å²) in [6, 6.07) is 0. The molecule has 4 nitrogen and oxygen atoms in total. The van der Waals surface area contributed by atoms with Gasteiger partial charge in [-0.3, -0.25) is 9.59 Å². The van der Waals surface area contributed by atoms with Gasteiger partial charge in [0, 0.05) is 0 Å². The van der Waals surface area contributed by atoms with Crippen molar-refractivity contribution in [2.24, 2.45) is 10.8 Å². The van der Waals surface area contributed by atoms with Crippen LogP contribution in [0.1, 0.15) is 72.6 Å². The van der Waals surface area contributed by atoms with E-state index in [9.17, 15) is 9.59 Å². The third-order valence-corrected chi connectivity index (χ3v) is 5.22. The lowest BCUT2D eigenvalue weighted by atomic mass is 9.57. The summed E-state index contributed by atoms with van der Waals surface area (Å²) in [6.45, 7) is 7.39. The normalized spacial score (nSPS) is 29.5. The molecule has 2 rings (SSSR count). The highest BCUT2D eigenvalue weighted by Crippen LogP contribution is 2.54. The van der Waals surface area contributed by atoms with Crippen LogP contribution in [0.2, 0.25) is 0 Å². The van der Waals surface area contributed by atoms with Crippen molar-refractivity contribution in [2.45, 2.75) is 84.8 Å². The molecule has 0 spiro atoms. The zero-order chi connectivity index (χ0) is 18.5. The topological polar surface area (TPSA) is 52.6 Å². The maximum atomic E-state index is 13.2. The molecule has 25 heavy (non-hydrogen) atoms. The second kappa shape index (κ2) is 8.20. The van der Waals surface area contributed by atoms with Crippen molar-refractivity contribution in [1.29, 1.82) is 0 Å². The van der Waals surface area contributed by atoms with Crippen molar-refractivity contribution in [3.63, 3.8) is 0 Å². The van der Waals surface area contributed by atoms with E-state index in [1.165, 1.54) is 0 Å². The van der Waals surface area contributed by atoms with E-state index in [-0.39, 0.29) is 24.1 Å². The predicted molar refractivity (Wildman–Crippen MR) is 97.9 cm³/mol. The van der Waals surface area contributed by atoms with E-state index < -0.39 is 10.8 Å². The highest BCUT2D eigenvalue weighted by Gasteiger charge is 2.60. The molecule has 2 aliphatic rings. The number of ether oxygens (including phenoxy) is 2. The summed E-state index contributed by atoms with van der Waals surface area (Å²) < 4.78 is 11.3. The average Bonchev–Trinajstić information content (AvgIpc) is 2.62. The lowest BCUT2D eigenvalue weighted by Crippen LogP contribution is -2.53. The molecule has 0 heterocycles. The Hall–Kier alpha value is -1.58. The predicted octanol–water partition coefficient (Wildman–Crippen LogP) is 4.73. The Morgan fingerprint density at radius 2 is 1.08 bits per heavy atom. The van der Waals surface area contributed by atoms with Gasteiger partial charge in [-0.15, -0.1) is 0 Å². The third-order valence-electron chi connectivity index (χ3n) is 5.22. The van der Waals surface area contributed by atoms with Crippen LogP contribution in [0.25, 0.3) is 0 Å². The number of carbonyl (C=O) groups is 2. The Balaban J connectivity index is 2.53. The summed E-state index contributed by atoms with van der Waals surface area (Å²) >= 11 is 0. The molecular formula is C21H32O4. The fourth-order valence-electron chi connectivity index (χ4n) is 4.03. The first-order chi connectivity index (χ1) is 11.8. The van der Waals surface area contributed by atoms with Crippen molar-refractivity contribution in [3.8, 4) is 0 Å². The first kappa shape index (κ1) is 19.7. The van der Waals surface area contributed by atoms with Gasteiger partial charge in [0.25, 0.3) is 0 Å².